The molecular weight excluding hydrogens is 303 g/mol. The van der Waals surface area contributed by atoms with Crippen LogP contribution in [0.25, 0.3) is 0 Å². The number of benzene rings is 1. The van der Waals surface area contributed by atoms with Gasteiger partial charge in [-0.1, -0.05) is 25.4 Å². The van der Waals surface area contributed by atoms with Crippen molar-refractivity contribution in [2.45, 2.75) is 31.2 Å². The molecule has 0 amide bonds. The Morgan fingerprint density at radius 1 is 1.40 bits per heavy atom. The van der Waals surface area contributed by atoms with Gasteiger partial charge in [0, 0.05) is 24.7 Å². The molecule has 7 heteroatoms. The highest BCUT2D eigenvalue weighted by molar-refractivity contribution is 7.89. The molecule has 1 aromatic carbocycles. The first-order valence-electron chi connectivity index (χ1n) is 6.33. The second-order valence-corrected chi connectivity index (χ2v) is 7.55. The third-order valence-electron chi connectivity index (χ3n) is 3.22. The van der Waals surface area contributed by atoms with E-state index < -0.39 is 15.8 Å². The van der Waals surface area contributed by atoms with E-state index in [1.165, 1.54) is 19.2 Å². The number of rotatable bonds is 6. The molecule has 0 aliphatic rings. The van der Waals surface area contributed by atoms with Crippen LogP contribution in [0.15, 0.2) is 23.1 Å². The lowest BCUT2D eigenvalue weighted by Crippen LogP contribution is -2.35. The van der Waals surface area contributed by atoms with Crippen LogP contribution in [0.4, 0.5) is 4.39 Å². The average Bonchev–Trinajstić information content (AvgIpc) is 2.34. The molecule has 0 aliphatic heterocycles. The van der Waals surface area contributed by atoms with Gasteiger partial charge in [0.2, 0.25) is 10.0 Å². The molecular formula is C13H20ClFN2O2S. The first kappa shape index (κ1) is 17.4. The molecule has 0 fully saturated rings. The molecule has 2 N–H and O–H groups in total. The molecule has 4 nitrogen and oxygen atoms in total. The van der Waals surface area contributed by atoms with Crippen LogP contribution >= 0.6 is 11.6 Å². The van der Waals surface area contributed by atoms with E-state index in [-0.39, 0.29) is 28.4 Å². The van der Waals surface area contributed by atoms with Gasteiger partial charge in [0.05, 0.1) is 0 Å². The number of sulfonamides is 1. The van der Waals surface area contributed by atoms with Crippen molar-refractivity contribution in [1.29, 1.82) is 0 Å². The Kier molecular flexibility index (Phi) is 5.94. The summed E-state index contributed by atoms with van der Waals surface area (Å²) >= 11 is 5.62. The summed E-state index contributed by atoms with van der Waals surface area (Å²) in [5.74, 6) is -0.587. The van der Waals surface area contributed by atoms with Gasteiger partial charge in [-0.25, -0.2) is 17.1 Å². The summed E-state index contributed by atoms with van der Waals surface area (Å²) in [6, 6.07) is 3.42. The van der Waals surface area contributed by atoms with Gasteiger partial charge in [-0.05, 0) is 30.5 Å². The maximum Gasteiger partial charge on any atom is 0.245 e. The molecule has 0 aliphatic carbocycles. The predicted molar refractivity (Wildman–Crippen MR) is 78.7 cm³/mol. The van der Waals surface area contributed by atoms with E-state index in [0.717, 1.165) is 10.4 Å². The molecule has 0 saturated carbocycles. The summed E-state index contributed by atoms with van der Waals surface area (Å²) in [7, 11) is -2.45. The fraction of sp³-hybridized carbons (Fsp3) is 0.538. The molecule has 114 valence electrons. The first-order valence-corrected chi connectivity index (χ1v) is 8.15. The third kappa shape index (κ3) is 4.15. The molecule has 1 unspecified atom stereocenters. The number of hydrogen-bond donors (Lipinski definition) is 1. The number of nitrogens with zero attached hydrogens (tertiary/aromatic N) is 1. The second kappa shape index (κ2) is 6.85. The Morgan fingerprint density at radius 2 is 2.00 bits per heavy atom. The van der Waals surface area contributed by atoms with Crippen LogP contribution in [-0.2, 0) is 10.0 Å². The molecule has 0 aromatic heterocycles. The fourth-order valence-corrected chi connectivity index (χ4v) is 3.02. The monoisotopic (exact) mass is 322 g/mol. The summed E-state index contributed by atoms with van der Waals surface area (Å²) in [4.78, 5) is -0.373. The van der Waals surface area contributed by atoms with Gasteiger partial charge in [0.15, 0.2) is 0 Å². The van der Waals surface area contributed by atoms with Gasteiger partial charge in [0.25, 0.3) is 0 Å². The third-order valence-corrected chi connectivity index (χ3v) is 5.34. The van der Waals surface area contributed by atoms with Crippen LogP contribution in [0.3, 0.4) is 0 Å². The van der Waals surface area contributed by atoms with Crippen molar-refractivity contribution in [2.75, 3.05) is 13.6 Å². The van der Waals surface area contributed by atoms with Crippen LogP contribution in [-0.4, -0.2) is 32.4 Å². The first-order chi connectivity index (χ1) is 9.16. The molecule has 1 atom stereocenters. The van der Waals surface area contributed by atoms with Crippen molar-refractivity contribution < 1.29 is 12.8 Å². The van der Waals surface area contributed by atoms with Crippen molar-refractivity contribution in [3.63, 3.8) is 0 Å². The summed E-state index contributed by atoms with van der Waals surface area (Å²) in [5.41, 5.74) is 5.88. The molecule has 1 aromatic rings. The Morgan fingerprint density at radius 3 is 2.50 bits per heavy atom. The van der Waals surface area contributed by atoms with Crippen LogP contribution in [0, 0.1) is 11.7 Å². The molecule has 0 bridgehead atoms. The minimum Gasteiger partial charge on any atom is -0.327 e. The minimum atomic E-state index is -3.86. The van der Waals surface area contributed by atoms with Crippen molar-refractivity contribution in [3.05, 3.63) is 29.0 Å². The zero-order valence-electron chi connectivity index (χ0n) is 11.8. The fourth-order valence-electron chi connectivity index (χ4n) is 1.64. The zero-order valence-corrected chi connectivity index (χ0v) is 13.4. The second-order valence-electron chi connectivity index (χ2n) is 5.10. The van der Waals surface area contributed by atoms with Gasteiger partial charge in [-0.3, -0.25) is 0 Å². The number of hydrogen-bond acceptors (Lipinski definition) is 3. The van der Waals surface area contributed by atoms with Crippen LogP contribution in [0.2, 0.25) is 5.02 Å². The van der Waals surface area contributed by atoms with Gasteiger partial charge >= 0.3 is 0 Å². The van der Waals surface area contributed by atoms with Crippen molar-refractivity contribution >= 4 is 21.6 Å². The highest BCUT2D eigenvalue weighted by Gasteiger charge is 2.25. The highest BCUT2D eigenvalue weighted by Crippen LogP contribution is 2.22. The maximum absolute atomic E-state index is 13.7. The Hall–Kier alpha value is -0.690. The van der Waals surface area contributed by atoms with Gasteiger partial charge in [-0.2, -0.15) is 0 Å². The summed E-state index contributed by atoms with van der Waals surface area (Å²) in [6.07, 6.45) is 0.516. The van der Waals surface area contributed by atoms with Gasteiger partial charge in [0.1, 0.15) is 10.7 Å². The number of halogens is 2. The topological polar surface area (TPSA) is 63.4 Å². The highest BCUT2D eigenvalue weighted by atomic mass is 35.5. The van der Waals surface area contributed by atoms with Crippen LogP contribution in [0.1, 0.15) is 20.3 Å². The van der Waals surface area contributed by atoms with E-state index in [4.69, 9.17) is 17.3 Å². The summed E-state index contributed by atoms with van der Waals surface area (Å²) in [6.45, 7) is 4.18. The normalized spacial score (nSPS) is 14.0. The van der Waals surface area contributed by atoms with Crippen molar-refractivity contribution in [2.24, 2.45) is 11.7 Å². The average molecular weight is 323 g/mol. The van der Waals surface area contributed by atoms with Gasteiger partial charge in [-0.15, -0.1) is 0 Å². The molecule has 0 heterocycles. The van der Waals surface area contributed by atoms with Crippen molar-refractivity contribution in [1.82, 2.24) is 4.31 Å². The molecule has 0 radical (unpaired) electrons. The standard InChI is InChI=1S/C13H20ClFN2O2S/c1-9(2)12(16)6-7-17(3)20(18,19)13-5-4-10(14)8-11(13)15/h4-5,8-9,12H,6-7,16H2,1-3H3. The Balaban J connectivity index is 2.87. The van der Waals surface area contributed by atoms with E-state index in [1.807, 2.05) is 13.8 Å². The van der Waals surface area contributed by atoms with Gasteiger partial charge < -0.3 is 5.73 Å². The van der Waals surface area contributed by atoms with E-state index in [2.05, 4.69) is 0 Å². The Labute approximate surface area is 124 Å². The molecule has 0 spiro atoms. The lowest BCUT2D eigenvalue weighted by atomic mass is 10.0. The van der Waals surface area contributed by atoms with Crippen LogP contribution in [0.5, 0.6) is 0 Å². The molecule has 0 saturated heterocycles. The van der Waals surface area contributed by atoms with E-state index in [0.29, 0.717) is 6.42 Å². The minimum absolute atomic E-state index is 0.0947. The summed E-state index contributed by atoms with van der Waals surface area (Å²) in [5, 5.41) is 0.158. The SMILES string of the molecule is CC(C)C(N)CCN(C)S(=O)(=O)c1ccc(Cl)cc1F. The number of nitrogens with two attached hydrogens (primary N) is 1. The van der Waals surface area contributed by atoms with E-state index >= 15 is 0 Å². The molecule has 1 rings (SSSR count). The maximum atomic E-state index is 13.7. The lowest BCUT2D eigenvalue weighted by Gasteiger charge is -2.21. The smallest absolute Gasteiger partial charge is 0.245 e. The van der Waals surface area contributed by atoms with E-state index in [9.17, 15) is 12.8 Å². The van der Waals surface area contributed by atoms with Crippen molar-refractivity contribution in [3.8, 4) is 0 Å². The predicted octanol–water partition coefficient (Wildman–Crippen LogP) is 2.47. The largest absolute Gasteiger partial charge is 0.327 e. The zero-order chi connectivity index (χ0) is 15.5. The lowest BCUT2D eigenvalue weighted by molar-refractivity contribution is 0.396. The van der Waals surface area contributed by atoms with E-state index in [1.54, 1.807) is 0 Å². The van der Waals surface area contributed by atoms with Crippen LogP contribution < -0.4 is 5.73 Å². The summed E-state index contributed by atoms with van der Waals surface area (Å²) < 4.78 is 39.3. The molecule has 20 heavy (non-hydrogen) atoms. The Bertz CT molecular complexity index is 563. The quantitative estimate of drug-likeness (QED) is 0.875.